The zero-order chi connectivity index (χ0) is 16.9. The first-order valence-corrected chi connectivity index (χ1v) is 7.41. The number of benzene rings is 2. The third-order valence-corrected chi connectivity index (χ3v) is 3.62. The molecule has 0 radical (unpaired) electrons. The van der Waals surface area contributed by atoms with E-state index in [4.69, 9.17) is 9.47 Å². The minimum absolute atomic E-state index is 0.0419. The topological polar surface area (TPSA) is 66.2 Å². The second-order valence-corrected chi connectivity index (χ2v) is 5.18. The van der Waals surface area contributed by atoms with E-state index in [1.807, 2.05) is 24.3 Å². The number of methoxy groups -OCH3 is 2. The fourth-order valence-corrected chi connectivity index (χ4v) is 2.31. The summed E-state index contributed by atoms with van der Waals surface area (Å²) in [7, 11) is 3.20. The lowest BCUT2D eigenvalue weighted by Crippen LogP contribution is -2.10. The summed E-state index contributed by atoms with van der Waals surface area (Å²) in [5.74, 6) is 1.42. The minimum atomic E-state index is -0.0419. The van der Waals surface area contributed by atoms with Crippen molar-refractivity contribution in [3.8, 4) is 22.8 Å². The van der Waals surface area contributed by atoms with Crippen molar-refractivity contribution in [3.63, 3.8) is 0 Å². The molecular weight excluding hydrogens is 306 g/mol. The summed E-state index contributed by atoms with van der Waals surface area (Å²) in [5, 5.41) is 8.15. The summed E-state index contributed by atoms with van der Waals surface area (Å²) >= 11 is 0. The van der Waals surface area contributed by atoms with Crippen LogP contribution in [0, 0.1) is 0 Å². The van der Waals surface area contributed by atoms with Gasteiger partial charge in [-0.15, -0.1) is 5.10 Å². The van der Waals surface area contributed by atoms with E-state index < -0.39 is 0 Å². The Morgan fingerprint density at radius 1 is 1.04 bits per heavy atom. The summed E-state index contributed by atoms with van der Waals surface area (Å²) < 4.78 is 11.8. The molecule has 0 N–H and O–H groups in total. The molecule has 0 atom stereocenters. The van der Waals surface area contributed by atoms with Gasteiger partial charge in [0.1, 0.15) is 23.7 Å². The molecule has 0 spiro atoms. The molecular formula is C18H17N3O3. The summed E-state index contributed by atoms with van der Waals surface area (Å²) in [5.41, 5.74) is 2.18. The molecule has 2 aromatic carbocycles. The highest BCUT2D eigenvalue weighted by Gasteiger charge is 2.10. The Morgan fingerprint density at radius 2 is 1.79 bits per heavy atom. The first-order chi connectivity index (χ1) is 11.7. The molecule has 1 heterocycles. The average Bonchev–Trinajstić information content (AvgIpc) is 3.10. The maximum Gasteiger partial charge on any atom is 0.184 e. The number of hydrogen-bond donors (Lipinski definition) is 0. The molecule has 3 rings (SSSR count). The van der Waals surface area contributed by atoms with Crippen molar-refractivity contribution >= 4 is 5.78 Å². The van der Waals surface area contributed by atoms with E-state index in [1.165, 1.54) is 4.68 Å². The smallest absolute Gasteiger partial charge is 0.184 e. The number of carbonyl (C=O) groups excluding carboxylic acids is 1. The zero-order valence-electron chi connectivity index (χ0n) is 13.5. The minimum Gasteiger partial charge on any atom is -0.497 e. The molecule has 6 nitrogen and oxygen atoms in total. The third kappa shape index (κ3) is 3.43. The molecule has 6 heteroatoms. The lowest BCUT2D eigenvalue weighted by molar-refractivity contribution is 0.0967. The van der Waals surface area contributed by atoms with Crippen molar-refractivity contribution in [1.82, 2.24) is 15.0 Å². The Kier molecular flexibility index (Phi) is 4.56. The van der Waals surface area contributed by atoms with Gasteiger partial charge < -0.3 is 9.47 Å². The van der Waals surface area contributed by atoms with Gasteiger partial charge in [0.2, 0.25) is 0 Å². The summed E-state index contributed by atoms with van der Waals surface area (Å²) in [4.78, 5) is 12.3. The number of aromatic nitrogens is 3. The van der Waals surface area contributed by atoms with Crippen LogP contribution in [0.25, 0.3) is 11.3 Å². The van der Waals surface area contributed by atoms with Gasteiger partial charge in [-0.3, -0.25) is 4.79 Å². The van der Waals surface area contributed by atoms with Gasteiger partial charge in [0.15, 0.2) is 5.78 Å². The third-order valence-electron chi connectivity index (χ3n) is 3.62. The summed E-state index contributed by atoms with van der Waals surface area (Å²) in [6.07, 6.45) is 1.75. The molecule has 0 bridgehead atoms. The Morgan fingerprint density at radius 3 is 2.50 bits per heavy atom. The van der Waals surface area contributed by atoms with Crippen molar-refractivity contribution in [3.05, 3.63) is 60.3 Å². The monoisotopic (exact) mass is 323 g/mol. The Balaban J connectivity index is 1.74. The first kappa shape index (κ1) is 15.7. The van der Waals surface area contributed by atoms with Gasteiger partial charge in [0.05, 0.1) is 20.4 Å². The van der Waals surface area contributed by atoms with E-state index >= 15 is 0 Å². The predicted molar refractivity (Wildman–Crippen MR) is 89.3 cm³/mol. The number of Topliss-reactive ketones (excluding diaryl/α,β-unsaturated/α-hetero) is 1. The lowest BCUT2D eigenvalue weighted by atomic mass is 10.1. The molecule has 1 aromatic heterocycles. The summed E-state index contributed by atoms with van der Waals surface area (Å²) in [6, 6.07) is 14.5. The molecule has 3 aromatic rings. The van der Waals surface area contributed by atoms with E-state index in [9.17, 15) is 4.79 Å². The Labute approximate surface area is 139 Å². The molecule has 0 aliphatic carbocycles. The van der Waals surface area contributed by atoms with Gasteiger partial charge in [0.25, 0.3) is 0 Å². The number of ketones is 1. The van der Waals surface area contributed by atoms with Crippen LogP contribution in [-0.2, 0) is 6.54 Å². The second kappa shape index (κ2) is 6.95. The van der Waals surface area contributed by atoms with Gasteiger partial charge in [-0.25, -0.2) is 4.68 Å². The zero-order valence-corrected chi connectivity index (χ0v) is 13.5. The molecule has 24 heavy (non-hydrogen) atoms. The van der Waals surface area contributed by atoms with Gasteiger partial charge in [0, 0.05) is 11.1 Å². The van der Waals surface area contributed by atoms with Crippen molar-refractivity contribution in [2.45, 2.75) is 6.54 Å². The van der Waals surface area contributed by atoms with Crippen LogP contribution in [0.1, 0.15) is 10.4 Å². The molecule has 0 unspecified atom stereocenters. The van der Waals surface area contributed by atoms with Crippen molar-refractivity contribution in [2.75, 3.05) is 14.2 Å². The maximum atomic E-state index is 12.3. The molecule has 0 aliphatic heterocycles. The Bertz CT molecular complexity index is 841. The van der Waals surface area contributed by atoms with Crippen LogP contribution in [0.15, 0.2) is 54.7 Å². The first-order valence-electron chi connectivity index (χ1n) is 7.41. The highest BCUT2D eigenvalue weighted by atomic mass is 16.5. The van der Waals surface area contributed by atoms with Gasteiger partial charge in [-0.2, -0.15) is 0 Å². The van der Waals surface area contributed by atoms with Crippen LogP contribution in [0.4, 0.5) is 0 Å². The van der Waals surface area contributed by atoms with Crippen molar-refractivity contribution < 1.29 is 14.3 Å². The van der Waals surface area contributed by atoms with Crippen LogP contribution >= 0.6 is 0 Å². The van der Waals surface area contributed by atoms with Gasteiger partial charge in [-0.1, -0.05) is 17.3 Å². The molecule has 0 amide bonds. The van der Waals surface area contributed by atoms with E-state index in [0.29, 0.717) is 17.0 Å². The van der Waals surface area contributed by atoms with Crippen LogP contribution in [0.3, 0.4) is 0 Å². The fourth-order valence-electron chi connectivity index (χ4n) is 2.31. The molecule has 0 fully saturated rings. The predicted octanol–water partition coefficient (Wildman–Crippen LogP) is 2.85. The number of ether oxygens (including phenoxy) is 2. The number of carbonyl (C=O) groups is 1. The number of nitrogens with zero attached hydrogens (tertiary/aromatic N) is 3. The van der Waals surface area contributed by atoms with Crippen molar-refractivity contribution in [1.29, 1.82) is 0 Å². The average molecular weight is 323 g/mol. The van der Waals surface area contributed by atoms with E-state index in [0.717, 1.165) is 11.3 Å². The quantitative estimate of drug-likeness (QED) is 0.653. The SMILES string of the molecule is COc1ccc(C(=O)Cn2cc(-c3cccc(OC)c3)nn2)cc1. The fraction of sp³-hybridized carbons (Fsp3) is 0.167. The maximum absolute atomic E-state index is 12.3. The highest BCUT2D eigenvalue weighted by Crippen LogP contribution is 2.21. The van der Waals surface area contributed by atoms with Crippen LogP contribution in [-0.4, -0.2) is 35.0 Å². The van der Waals surface area contributed by atoms with Crippen LogP contribution < -0.4 is 9.47 Å². The van der Waals surface area contributed by atoms with Gasteiger partial charge >= 0.3 is 0 Å². The van der Waals surface area contributed by atoms with E-state index in [1.54, 1.807) is 44.7 Å². The molecule has 122 valence electrons. The second-order valence-electron chi connectivity index (χ2n) is 5.18. The van der Waals surface area contributed by atoms with Gasteiger partial charge in [-0.05, 0) is 36.4 Å². The number of rotatable bonds is 6. The summed E-state index contributed by atoms with van der Waals surface area (Å²) in [6.45, 7) is 0.128. The van der Waals surface area contributed by atoms with Crippen molar-refractivity contribution in [2.24, 2.45) is 0 Å². The van der Waals surface area contributed by atoms with E-state index in [-0.39, 0.29) is 12.3 Å². The largest absolute Gasteiger partial charge is 0.497 e. The van der Waals surface area contributed by atoms with E-state index in [2.05, 4.69) is 10.3 Å². The molecule has 0 saturated carbocycles. The standard InChI is InChI=1S/C18H17N3O3/c1-23-15-8-6-13(7-9-15)18(22)12-21-11-17(19-20-21)14-4-3-5-16(10-14)24-2/h3-11H,12H2,1-2H3. The number of hydrogen-bond acceptors (Lipinski definition) is 5. The highest BCUT2D eigenvalue weighted by molar-refractivity contribution is 5.95. The van der Waals surface area contributed by atoms with Crippen LogP contribution in [0.2, 0.25) is 0 Å². The normalized spacial score (nSPS) is 10.4. The lowest BCUT2D eigenvalue weighted by Gasteiger charge is -2.03. The van der Waals surface area contributed by atoms with Crippen LogP contribution in [0.5, 0.6) is 11.5 Å². The molecule has 0 aliphatic rings. The molecule has 0 saturated heterocycles. The Hall–Kier alpha value is -3.15.